The molecule has 0 bridgehead atoms. The Balaban J connectivity index is 2.25. The summed E-state index contributed by atoms with van der Waals surface area (Å²) in [6.45, 7) is 0. The summed E-state index contributed by atoms with van der Waals surface area (Å²) in [7, 11) is 0. The highest BCUT2D eigenvalue weighted by Gasteiger charge is 2.35. The van der Waals surface area contributed by atoms with Gasteiger partial charge in [0, 0.05) is 6.42 Å². The van der Waals surface area contributed by atoms with Gasteiger partial charge in [-0.15, -0.1) is 0 Å². The number of nitriles is 1. The molecule has 0 aliphatic heterocycles. The number of allylic oxidation sites excluding steroid dienone is 2. The minimum Gasteiger partial charge on any atom is -0.293 e. The molecule has 1 saturated carbocycles. The summed E-state index contributed by atoms with van der Waals surface area (Å²) < 4.78 is 0. The van der Waals surface area contributed by atoms with Crippen LogP contribution in [0.15, 0.2) is 11.6 Å². The van der Waals surface area contributed by atoms with Crippen molar-refractivity contribution >= 4 is 5.78 Å². The van der Waals surface area contributed by atoms with Crippen molar-refractivity contribution in [3.8, 4) is 6.07 Å². The predicted molar refractivity (Wildman–Crippen MR) is 53.5 cm³/mol. The van der Waals surface area contributed by atoms with Crippen LogP contribution >= 0.6 is 0 Å². The van der Waals surface area contributed by atoms with E-state index < -0.39 is 0 Å². The van der Waals surface area contributed by atoms with E-state index in [0.717, 1.165) is 6.42 Å². The smallest absolute Gasteiger partial charge is 0.173 e. The first-order valence-corrected chi connectivity index (χ1v) is 5.42. The second-order valence-electron chi connectivity index (χ2n) is 4.52. The lowest BCUT2D eigenvalue weighted by Crippen LogP contribution is -2.27. The van der Waals surface area contributed by atoms with Crippen LogP contribution < -0.4 is 0 Å². The van der Waals surface area contributed by atoms with Gasteiger partial charge in [0.05, 0.1) is 5.57 Å². The SMILES string of the molecule is N#CC1=CC2(CCCCC2)CCC1=O. The van der Waals surface area contributed by atoms with Gasteiger partial charge >= 0.3 is 0 Å². The molecule has 2 aliphatic rings. The summed E-state index contributed by atoms with van der Waals surface area (Å²) >= 11 is 0. The molecular formula is C12H15NO. The second-order valence-corrected chi connectivity index (χ2v) is 4.52. The van der Waals surface area contributed by atoms with E-state index in [1.165, 1.54) is 32.1 Å². The zero-order valence-electron chi connectivity index (χ0n) is 8.38. The van der Waals surface area contributed by atoms with Crippen LogP contribution in [0.3, 0.4) is 0 Å². The third-order valence-electron chi connectivity index (χ3n) is 3.57. The van der Waals surface area contributed by atoms with E-state index in [4.69, 9.17) is 5.26 Å². The summed E-state index contributed by atoms with van der Waals surface area (Å²) in [6, 6.07) is 2.04. The van der Waals surface area contributed by atoms with Gasteiger partial charge in [-0.05, 0) is 24.7 Å². The molecule has 1 fully saturated rings. The van der Waals surface area contributed by atoms with Crippen molar-refractivity contribution in [2.45, 2.75) is 44.9 Å². The van der Waals surface area contributed by atoms with Crippen molar-refractivity contribution in [2.75, 3.05) is 0 Å². The third-order valence-corrected chi connectivity index (χ3v) is 3.57. The lowest BCUT2D eigenvalue weighted by Gasteiger charge is -2.36. The molecule has 2 heteroatoms. The topological polar surface area (TPSA) is 40.9 Å². The normalized spacial score (nSPS) is 25.6. The number of ketones is 1. The molecule has 2 aliphatic carbocycles. The van der Waals surface area contributed by atoms with Crippen molar-refractivity contribution < 1.29 is 4.79 Å². The quantitative estimate of drug-likeness (QED) is 0.588. The van der Waals surface area contributed by atoms with E-state index in [9.17, 15) is 4.79 Å². The van der Waals surface area contributed by atoms with Crippen LogP contribution in [-0.4, -0.2) is 5.78 Å². The van der Waals surface area contributed by atoms with Gasteiger partial charge in [-0.1, -0.05) is 25.3 Å². The van der Waals surface area contributed by atoms with Crippen molar-refractivity contribution in [1.29, 1.82) is 5.26 Å². The molecule has 74 valence electrons. The van der Waals surface area contributed by atoms with Gasteiger partial charge in [0.1, 0.15) is 6.07 Å². The molecule has 0 aromatic carbocycles. The summed E-state index contributed by atoms with van der Waals surface area (Å²) in [4.78, 5) is 11.4. The van der Waals surface area contributed by atoms with Gasteiger partial charge in [-0.25, -0.2) is 0 Å². The molecule has 0 heterocycles. The minimum atomic E-state index is 0.0451. The first-order valence-electron chi connectivity index (χ1n) is 5.42. The van der Waals surface area contributed by atoms with Crippen LogP contribution in [0.4, 0.5) is 0 Å². The summed E-state index contributed by atoms with van der Waals surface area (Å²) in [6.07, 6.45) is 9.68. The van der Waals surface area contributed by atoms with E-state index in [2.05, 4.69) is 0 Å². The predicted octanol–water partition coefficient (Wildman–Crippen LogP) is 2.75. The molecular weight excluding hydrogens is 174 g/mol. The van der Waals surface area contributed by atoms with Crippen LogP contribution in [0, 0.1) is 16.7 Å². The van der Waals surface area contributed by atoms with E-state index in [-0.39, 0.29) is 11.2 Å². The average Bonchev–Trinajstić information content (AvgIpc) is 2.23. The summed E-state index contributed by atoms with van der Waals surface area (Å²) in [5.74, 6) is 0.0451. The zero-order chi connectivity index (χ0) is 10.0. The van der Waals surface area contributed by atoms with E-state index in [0.29, 0.717) is 12.0 Å². The van der Waals surface area contributed by atoms with Gasteiger partial charge in [0.2, 0.25) is 0 Å². The standard InChI is InChI=1S/C12H15NO/c13-9-10-8-12(7-4-11(10)14)5-2-1-3-6-12/h8H,1-7H2. The fraction of sp³-hybridized carbons (Fsp3) is 0.667. The Kier molecular flexibility index (Phi) is 2.41. The van der Waals surface area contributed by atoms with E-state index in [1.54, 1.807) is 0 Å². The number of carbonyl (C=O) groups excluding carboxylic acids is 1. The van der Waals surface area contributed by atoms with Crippen molar-refractivity contribution in [2.24, 2.45) is 5.41 Å². The van der Waals surface area contributed by atoms with Gasteiger partial charge in [0.25, 0.3) is 0 Å². The lowest BCUT2D eigenvalue weighted by atomic mass is 9.67. The average molecular weight is 189 g/mol. The largest absolute Gasteiger partial charge is 0.293 e. The maximum absolute atomic E-state index is 11.4. The molecule has 2 nitrogen and oxygen atoms in total. The Morgan fingerprint density at radius 3 is 2.57 bits per heavy atom. The molecule has 2 rings (SSSR count). The fourth-order valence-electron chi connectivity index (χ4n) is 2.70. The van der Waals surface area contributed by atoms with Crippen LogP contribution in [0.25, 0.3) is 0 Å². The highest BCUT2D eigenvalue weighted by molar-refractivity contribution is 5.99. The molecule has 0 amide bonds. The molecule has 0 atom stereocenters. The highest BCUT2D eigenvalue weighted by atomic mass is 16.1. The Labute approximate surface area is 84.6 Å². The summed E-state index contributed by atoms with van der Waals surface area (Å²) in [5, 5.41) is 8.84. The van der Waals surface area contributed by atoms with Crippen LogP contribution in [0.2, 0.25) is 0 Å². The van der Waals surface area contributed by atoms with E-state index >= 15 is 0 Å². The minimum absolute atomic E-state index is 0.0451. The Bertz CT molecular complexity index is 316. The van der Waals surface area contributed by atoms with Crippen molar-refractivity contribution in [1.82, 2.24) is 0 Å². The molecule has 0 aromatic heterocycles. The number of hydrogen-bond acceptors (Lipinski definition) is 2. The highest BCUT2D eigenvalue weighted by Crippen LogP contribution is 2.44. The lowest BCUT2D eigenvalue weighted by molar-refractivity contribution is -0.116. The monoisotopic (exact) mass is 189 g/mol. The Hall–Kier alpha value is -1.10. The van der Waals surface area contributed by atoms with Gasteiger partial charge in [-0.2, -0.15) is 5.26 Å². The number of Topliss-reactive ketones (excluding diaryl/α,β-unsaturated/α-hetero) is 1. The van der Waals surface area contributed by atoms with E-state index in [1.807, 2.05) is 12.1 Å². The van der Waals surface area contributed by atoms with Crippen LogP contribution in [0.5, 0.6) is 0 Å². The number of nitrogens with zero attached hydrogens (tertiary/aromatic N) is 1. The van der Waals surface area contributed by atoms with Crippen LogP contribution in [-0.2, 0) is 4.79 Å². The number of hydrogen-bond donors (Lipinski definition) is 0. The first-order chi connectivity index (χ1) is 6.76. The molecule has 1 spiro atoms. The first kappa shape index (κ1) is 9.45. The van der Waals surface area contributed by atoms with Gasteiger partial charge in [0.15, 0.2) is 5.78 Å². The second kappa shape index (κ2) is 3.57. The molecule has 0 saturated heterocycles. The number of carbonyl (C=O) groups is 1. The zero-order valence-corrected chi connectivity index (χ0v) is 8.38. The van der Waals surface area contributed by atoms with Gasteiger partial charge < -0.3 is 0 Å². The third kappa shape index (κ3) is 1.59. The fourth-order valence-corrected chi connectivity index (χ4v) is 2.70. The summed E-state index contributed by atoms with van der Waals surface area (Å²) in [5.41, 5.74) is 0.621. The number of rotatable bonds is 0. The van der Waals surface area contributed by atoms with Crippen LogP contribution in [0.1, 0.15) is 44.9 Å². The van der Waals surface area contributed by atoms with Crippen molar-refractivity contribution in [3.05, 3.63) is 11.6 Å². The Morgan fingerprint density at radius 1 is 1.21 bits per heavy atom. The van der Waals surface area contributed by atoms with Crippen molar-refractivity contribution in [3.63, 3.8) is 0 Å². The molecule has 14 heavy (non-hydrogen) atoms. The maximum Gasteiger partial charge on any atom is 0.173 e. The molecule has 0 unspecified atom stereocenters. The Morgan fingerprint density at radius 2 is 1.93 bits per heavy atom. The molecule has 0 radical (unpaired) electrons. The van der Waals surface area contributed by atoms with Gasteiger partial charge in [-0.3, -0.25) is 4.79 Å². The molecule has 0 aromatic rings. The maximum atomic E-state index is 11.4. The molecule has 0 N–H and O–H groups in total.